The van der Waals surface area contributed by atoms with Crippen molar-refractivity contribution < 1.29 is 45.8 Å². The van der Waals surface area contributed by atoms with Crippen molar-refractivity contribution in [1.82, 2.24) is 0 Å². The van der Waals surface area contributed by atoms with Gasteiger partial charge in [-0.1, -0.05) is 58.4 Å². The van der Waals surface area contributed by atoms with Gasteiger partial charge in [0.15, 0.2) is 0 Å². The molecule has 0 aromatic heterocycles. The highest BCUT2D eigenvalue weighted by molar-refractivity contribution is 9.10. The number of aliphatic hydroxyl groups is 2. The molecule has 4 aromatic carbocycles. The van der Waals surface area contributed by atoms with Crippen LogP contribution in [0.25, 0.3) is 11.1 Å². The van der Waals surface area contributed by atoms with Crippen LogP contribution >= 0.6 is 15.9 Å². The number of aryl methyl sites for hydroxylation is 4. The summed E-state index contributed by atoms with van der Waals surface area (Å²) in [7, 11) is -6.19. The third kappa shape index (κ3) is 15.4. The molecule has 2 N–H and O–H groups in total. The molecule has 0 spiro atoms. The molecule has 5 rings (SSSR count). The molecule has 1 fully saturated rings. The number of aliphatic hydroxyl groups excluding tert-OH is 2. The van der Waals surface area contributed by atoms with Crippen LogP contribution in [-0.2, 0) is 42.2 Å². The maximum atomic E-state index is 11.1. The molecule has 1 aliphatic rings. The molecule has 318 valence electrons. The number of ether oxygens (including phenoxy) is 2. The predicted octanol–water partition coefficient (Wildman–Crippen LogP) is 7.63. The van der Waals surface area contributed by atoms with Crippen molar-refractivity contribution in [2.75, 3.05) is 37.2 Å². The molecule has 1 heterocycles. The van der Waals surface area contributed by atoms with Crippen molar-refractivity contribution in [3.05, 3.63) is 111 Å². The third-order valence-corrected chi connectivity index (χ3v) is 13.1. The average molecular weight is 904 g/mol. The molecule has 0 amide bonds. The molecule has 0 radical (unpaired) electrons. The van der Waals surface area contributed by atoms with E-state index >= 15 is 0 Å². The van der Waals surface area contributed by atoms with Gasteiger partial charge in [-0.15, -0.1) is 0 Å². The largest absolute Gasteiger partial charge is 0.494 e. The Bertz CT molecular complexity index is 2140. The van der Waals surface area contributed by atoms with Crippen molar-refractivity contribution in [1.29, 1.82) is 0 Å². The zero-order valence-corrected chi connectivity index (χ0v) is 38.7. The van der Waals surface area contributed by atoms with Gasteiger partial charge in [0.25, 0.3) is 0 Å². The summed E-state index contributed by atoms with van der Waals surface area (Å²) in [5, 5.41) is 18.4. The van der Waals surface area contributed by atoms with Crippen LogP contribution in [0.2, 0.25) is 0 Å². The van der Waals surface area contributed by atoms with E-state index < -0.39 is 19.7 Å². The van der Waals surface area contributed by atoms with Crippen LogP contribution in [-0.4, -0.2) is 82.6 Å². The first-order valence-electron chi connectivity index (χ1n) is 19.2. The highest BCUT2D eigenvalue weighted by Gasteiger charge is 2.51. The van der Waals surface area contributed by atoms with Crippen molar-refractivity contribution in [2.45, 2.75) is 92.6 Å². The van der Waals surface area contributed by atoms with E-state index in [0.717, 1.165) is 65.9 Å². The van der Waals surface area contributed by atoms with Crippen LogP contribution in [0.4, 0.5) is 0 Å². The molecule has 1 aliphatic heterocycles. The zero-order valence-electron chi connectivity index (χ0n) is 35.5. The fraction of sp³-hybridized carbons (Fsp3) is 0.455. The fourth-order valence-corrected chi connectivity index (χ4v) is 7.63. The first-order valence-corrected chi connectivity index (χ1v) is 24.1. The minimum atomic E-state index is -2.94. The van der Waals surface area contributed by atoms with E-state index in [1.54, 1.807) is 0 Å². The van der Waals surface area contributed by atoms with Crippen molar-refractivity contribution in [3.8, 4) is 22.6 Å². The highest BCUT2D eigenvalue weighted by atomic mass is 79.9. The van der Waals surface area contributed by atoms with Crippen LogP contribution in [0.15, 0.2) is 77.3 Å². The second-order valence-corrected chi connectivity index (χ2v) is 21.1. The molecule has 1 saturated heterocycles. The lowest BCUT2D eigenvalue weighted by atomic mass is 9.78. The zero-order chi connectivity index (χ0) is 43.5. The molecule has 0 atom stereocenters. The van der Waals surface area contributed by atoms with E-state index in [4.69, 9.17) is 23.9 Å². The van der Waals surface area contributed by atoms with Gasteiger partial charge in [0, 0.05) is 17.0 Å². The second-order valence-electron chi connectivity index (χ2n) is 15.8. The molecule has 14 heteroatoms. The first-order chi connectivity index (χ1) is 26.9. The molecule has 0 unspecified atom stereocenters. The Morgan fingerprint density at radius 1 is 0.638 bits per heavy atom. The summed E-state index contributed by atoms with van der Waals surface area (Å²) in [6.07, 6.45) is 3.47. The van der Waals surface area contributed by atoms with Crippen LogP contribution in [0, 0.1) is 27.7 Å². The molecule has 4 aromatic rings. The topological polar surface area (TPSA) is 146 Å². The summed E-state index contributed by atoms with van der Waals surface area (Å²) in [5.41, 5.74) is 8.66. The molecule has 10 nitrogen and oxygen atoms in total. The number of hydrogen-bond acceptors (Lipinski definition) is 10. The van der Waals surface area contributed by atoms with E-state index in [1.165, 1.54) is 12.5 Å². The van der Waals surface area contributed by atoms with E-state index in [2.05, 4.69) is 15.9 Å². The Kier molecular flexibility index (Phi) is 18.1. The first kappa shape index (κ1) is 49.1. The Morgan fingerprint density at radius 3 is 1.48 bits per heavy atom. The van der Waals surface area contributed by atoms with Gasteiger partial charge in [-0.2, -0.15) is 0 Å². The van der Waals surface area contributed by atoms with Crippen LogP contribution in [0.5, 0.6) is 11.5 Å². The normalized spacial score (nSPS) is 14.5. The number of benzene rings is 4. The molecule has 58 heavy (non-hydrogen) atoms. The molecular formula is C44H60BBrO10S2. The summed E-state index contributed by atoms with van der Waals surface area (Å²) in [6, 6.07) is 23.3. The third-order valence-electron chi connectivity index (χ3n) is 9.83. The summed E-state index contributed by atoms with van der Waals surface area (Å²) in [5.74, 6) is 1.84. The Hall–Kier alpha value is -3.24. The number of sulfone groups is 2. The van der Waals surface area contributed by atoms with Gasteiger partial charge < -0.3 is 29.0 Å². The van der Waals surface area contributed by atoms with Gasteiger partial charge in [0.2, 0.25) is 0 Å². The van der Waals surface area contributed by atoms with Crippen molar-refractivity contribution in [3.63, 3.8) is 0 Å². The van der Waals surface area contributed by atoms with Crippen LogP contribution in [0.1, 0.15) is 73.9 Å². The molecule has 0 aliphatic carbocycles. The molecule has 0 bridgehead atoms. The fourth-order valence-electron chi connectivity index (χ4n) is 6.12. The smallest absolute Gasteiger partial charge is 0.494 e. The Balaban J connectivity index is 0.000000238. The van der Waals surface area contributed by atoms with Crippen molar-refractivity contribution in [2.24, 2.45) is 0 Å². The lowest BCUT2D eigenvalue weighted by Gasteiger charge is -2.32. The Labute approximate surface area is 355 Å². The van der Waals surface area contributed by atoms with Gasteiger partial charge in [0.05, 0.1) is 49.1 Å². The van der Waals surface area contributed by atoms with Crippen molar-refractivity contribution >= 4 is 48.2 Å². The van der Waals surface area contributed by atoms with Crippen LogP contribution < -0.4 is 14.9 Å². The standard InChI is InChI=1S/C19H24O4S.C13H19BO3.C12H17BrO3S/c1-14-10-18(23-8-5-9-24(3,21)22)11-15(2)19(14)17-7-4-6-16(12-17)13-20;1-12(2)13(3,4)17-14(16-12)11-7-5-6-10(8-11)9-15;1-9-7-11(8-10(2)12(9)13)16-5-4-6-17(3,14)15/h4,6-7,10-12,20H,5,8-9,13H2,1-3H3;5-8,15H,9H2,1-4H3;7-8H,4-6H2,1-3H3. The van der Waals surface area contributed by atoms with E-state index in [9.17, 15) is 21.9 Å². The minimum absolute atomic E-state index is 0.0213. The van der Waals surface area contributed by atoms with Gasteiger partial charge in [-0.05, 0) is 149 Å². The van der Waals surface area contributed by atoms with E-state index in [1.807, 2.05) is 128 Å². The lowest BCUT2D eigenvalue weighted by Crippen LogP contribution is -2.41. The van der Waals surface area contributed by atoms with Gasteiger partial charge in [-0.25, -0.2) is 16.8 Å². The van der Waals surface area contributed by atoms with Gasteiger partial charge >= 0.3 is 7.12 Å². The molecular weight excluding hydrogens is 843 g/mol. The summed E-state index contributed by atoms with van der Waals surface area (Å²) in [6.45, 7) is 17.0. The Morgan fingerprint density at radius 2 is 1.05 bits per heavy atom. The quantitative estimate of drug-likeness (QED) is 0.0958. The highest BCUT2D eigenvalue weighted by Crippen LogP contribution is 2.36. The monoisotopic (exact) mass is 902 g/mol. The maximum absolute atomic E-state index is 11.1. The predicted molar refractivity (Wildman–Crippen MR) is 239 cm³/mol. The average Bonchev–Trinajstić information content (AvgIpc) is 3.36. The number of halogens is 1. The summed E-state index contributed by atoms with van der Waals surface area (Å²) < 4.78 is 68.3. The second kappa shape index (κ2) is 21.3. The lowest BCUT2D eigenvalue weighted by molar-refractivity contribution is 0.00578. The summed E-state index contributed by atoms with van der Waals surface area (Å²) in [4.78, 5) is 0. The molecule has 0 saturated carbocycles. The van der Waals surface area contributed by atoms with Gasteiger partial charge in [-0.3, -0.25) is 0 Å². The number of hydrogen-bond donors (Lipinski definition) is 2. The number of rotatable bonds is 14. The SMILES string of the molecule is CC1(C)OB(c2cccc(CO)c2)OC1(C)C.Cc1cc(OCCCS(C)(=O)=O)cc(C)c1-c1cccc(CO)c1.Cc1cc(OCCCS(C)(=O)=O)cc(C)c1Br. The minimum Gasteiger partial charge on any atom is -0.494 e. The van der Waals surface area contributed by atoms with Gasteiger partial charge in [0.1, 0.15) is 31.2 Å². The van der Waals surface area contributed by atoms with E-state index in [-0.39, 0.29) is 43.0 Å². The van der Waals surface area contributed by atoms with E-state index in [0.29, 0.717) is 26.1 Å². The van der Waals surface area contributed by atoms with Crippen LogP contribution in [0.3, 0.4) is 0 Å². The maximum Gasteiger partial charge on any atom is 0.494 e. The summed E-state index contributed by atoms with van der Waals surface area (Å²) >= 11 is 3.49.